The number of aromatic nitrogens is 3. The third-order valence-corrected chi connectivity index (χ3v) is 5.11. The van der Waals surface area contributed by atoms with Crippen LogP contribution in [0.3, 0.4) is 0 Å². The van der Waals surface area contributed by atoms with E-state index in [4.69, 9.17) is 32.7 Å². The molecule has 30 heavy (non-hydrogen) atoms. The Morgan fingerprint density at radius 2 is 1.97 bits per heavy atom. The largest absolute Gasteiger partial charge is 0.475 e. The molecular weight excluding hydrogens is 427 g/mol. The van der Waals surface area contributed by atoms with Crippen molar-refractivity contribution in [3.05, 3.63) is 75.2 Å². The number of benzene rings is 1. The van der Waals surface area contributed by atoms with Crippen molar-refractivity contribution in [2.45, 2.75) is 20.0 Å². The van der Waals surface area contributed by atoms with Crippen LogP contribution in [0.4, 0.5) is 0 Å². The van der Waals surface area contributed by atoms with Gasteiger partial charge in [0.05, 0.1) is 24.4 Å². The lowest BCUT2D eigenvalue weighted by molar-refractivity contribution is 0.0950. The summed E-state index contributed by atoms with van der Waals surface area (Å²) in [5, 5.41) is 8.14. The molecule has 1 N–H and O–H groups in total. The molecule has 0 saturated carbocycles. The molecule has 0 atom stereocenters. The average molecular weight is 449 g/mol. The summed E-state index contributed by atoms with van der Waals surface area (Å²) in [7, 11) is 1.61. The summed E-state index contributed by atoms with van der Waals surface area (Å²) < 4.78 is 11.9. The van der Waals surface area contributed by atoms with Crippen LogP contribution >= 0.6 is 23.2 Å². The van der Waals surface area contributed by atoms with Gasteiger partial charge in [0.2, 0.25) is 5.88 Å². The van der Waals surface area contributed by atoms with Crippen molar-refractivity contribution >= 4 is 29.1 Å². The normalized spacial score (nSPS) is 10.8. The highest BCUT2D eigenvalue weighted by Crippen LogP contribution is 2.23. The first-order chi connectivity index (χ1) is 14.5. The Kier molecular flexibility index (Phi) is 7.68. The fourth-order valence-corrected chi connectivity index (χ4v) is 3.32. The average Bonchev–Trinajstić information content (AvgIpc) is 3.02. The SMILES string of the molecule is COCCOc1ccc(CNC(=O)c2c(C)nn(Cc3ccccc3Cl)c2Cl)cn1. The molecule has 0 unspecified atom stereocenters. The van der Waals surface area contributed by atoms with Crippen LogP contribution in [-0.4, -0.2) is 41.0 Å². The monoisotopic (exact) mass is 448 g/mol. The number of pyridine rings is 1. The van der Waals surface area contributed by atoms with Crippen LogP contribution in [0.5, 0.6) is 5.88 Å². The molecule has 0 fully saturated rings. The molecule has 1 aromatic carbocycles. The maximum Gasteiger partial charge on any atom is 0.256 e. The molecule has 7 nitrogen and oxygen atoms in total. The molecule has 2 aromatic heterocycles. The molecule has 0 saturated heterocycles. The highest BCUT2D eigenvalue weighted by Gasteiger charge is 2.20. The van der Waals surface area contributed by atoms with E-state index in [1.54, 1.807) is 37.0 Å². The molecule has 3 aromatic rings. The van der Waals surface area contributed by atoms with Gasteiger partial charge in [-0.2, -0.15) is 5.10 Å². The van der Waals surface area contributed by atoms with Gasteiger partial charge in [-0.3, -0.25) is 4.79 Å². The van der Waals surface area contributed by atoms with Crippen molar-refractivity contribution in [3.8, 4) is 5.88 Å². The van der Waals surface area contributed by atoms with Crippen LogP contribution in [0, 0.1) is 6.92 Å². The van der Waals surface area contributed by atoms with E-state index in [9.17, 15) is 4.79 Å². The van der Waals surface area contributed by atoms with Gasteiger partial charge in [0.25, 0.3) is 5.91 Å². The quantitative estimate of drug-likeness (QED) is 0.502. The zero-order chi connectivity index (χ0) is 21.5. The van der Waals surface area contributed by atoms with Crippen LogP contribution < -0.4 is 10.1 Å². The van der Waals surface area contributed by atoms with Crippen molar-refractivity contribution < 1.29 is 14.3 Å². The number of aryl methyl sites for hydroxylation is 1. The van der Waals surface area contributed by atoms with Gasteiger partial charge in [-0.1, -0.05) is 47.5 Å². The number of ether oxygens (including phenoxy) is 2. The molecular formula is C21H22Cl2N4O3. The summed E-state index contributed by atoms with van der Waals surface area (Å²) in [6.07, 6.45) is 1.65. The second-order valence-electron chi connectivity index (χ2n) is 6.53. The van der Waals surface area contributed by atoms with E-state index in [0.29, 0.717) is 48.5 Å². The Balaban J connectivity index is 1.63. The number of carbonyl (C=O) groups excluding carboxylic acids is 1. The summed E-state index contributed by atoms with van der Waals surface area (Å²) in [5.41, 5.74) is 2.59. The summed E-state index contributed by atoms with van der Waals surface area (Å²) in [6.45, 7) is 3.34. The van der Waals surface area contributed by atoms with Crippen molar-refractivity contribution in [3.63, 3.8) is 0 Å². The first-order valence-corrected chi connectivity index (χ1v) is 10.1. The molecule has 0 aliphatic rings. The fraction of sp³-hybridized carbons (Fsp3) is 0.286. The Morgan fingerprint density at radius 1 is 1.17 bits per heavy atom. The van der Waals surface area contributed by atoms with Crippen LogP contribution in [0.2, 0.25) is 10.2 Å². The molecule has 0 aliphatic carbocycles. The maximum absolute atomic E-state index is 12.7. The number of rotatable bonds is 9. The highest BCUT2D eigenvalue weighted by atomic mass is 35.5. The molecule has 9 heteroatoms. The van der Waals surface area contributed by atoms with Crippen LogP contribution in [-0.2, 0) is 17.8 Å². The Hall–Kier alpha value is -2.61. The molecule has 0 spiro atoms. The van der Waals surface area contributed by atoms with E-state index in [2.05, 4.69) is 15.4 Å². The van der Waals surface area contributed by atoms with Gasteiger partial charge in [0.1, 0.15) is 11.8 Å². The van der Waals surface area contributed by atoms with Crippen molar-refractivity contribution in [1.29, 1.82) is 0 Å². The number of nitrogens with one attached hydrogen (secondary N) is 1. The number of methoxy groups -OCH3 is 1. The van der Waals surface area contributed by atoms with Gasteiger partial charge in [0, 0.05) is 30.9 Å². The smallest absolute Gasteiger partial charge is 0.256 e. The van der Waals surface area contributed by atoms with E-state index in [1.165, 1.54) is 0 Å². The Bertz CT molecular complexity index is 1010. The summed E-state index contributed by atoms with van der Waals surface area (Å²) in [4.78, 5) is 16.9. The number of halogens is 2. The fourth-order valence-electron chi connectivity index (χ4n) is 2.81. The number of carbonyl (C=O) groups is 1. The second-order valence-corrected chi connectivity index (χ2v) is 7.29. The number of hydrogen-bond donors (Lipinski definition) is 1. The number of amides is 1. The lowest BCUT2D eigenvalue weighted by Gasteiger charge is -2.08. The third kappa shape index (κ3) is 5.50. The molecule has 3 rings (SSSR count). The maximum atomic E-state index is 12.7. The molecule has 158 valence electrons. The van der Waals surface area contributed by atoms with E-state index < -0.39 is 0 Å². The minimum atomic E-state index is -0.302. The minimum Gasteiger partial charge on any atom is -0.475 e. The summed E-state index contributed by atoms with van der Waals surface area (Å²) >= 11 is 12.7. The minimum absolute atomic E-state index is 0.268. The first kappa shape index (κ1) is 22.1. The van der Waals surface area contributed by atoms with Crippen LogP contribution in [0.1, 0.15) is 27.2 Å². The van der Waals surface area contributed by atoms with Crippen molar-refractivity contribution in [2.75, 3.05) is 20.3 Å². The molecule has 0 bridgehead atoms. The lowest BCUT2D eigenvalue weighted by atomic mass is 10.2. The van der Waals surface area contributed by atoms with Crippen LogP contribution in [0.15, 0.2) is 42.6 Å². The summed E-state index contributed by atoms with van der Waals surface area (Å²) in [5.74, 6) is 0.199. The predicted octanol–water partition coefficient (Wildman–Crippen LogP) is 3.90. The Labute approximate surface area is 184 Å². The molecule has 0 aliphatic heterocycles. The van der Waals surface area contributed by atoms with E-state index in [0.717, 1.165) is 11.1 Å². The number of nitrogens with zero attached hydrogens (tertiary/aromatic N) is 3. The van der Waals surface area contributed by atoms with Crippen molar-refractivity contribution in [1.82, 2.24) is 20.1 Å². The van der Waals surface area contributed by atoms with Gasteiger partial charge >= 0.3 is 0 Å². The van der Waals surface area contributed by atoms with Gasteiger partial charge in [0.15, 0.2) is 0 Å². The predicted molar refractivity (Wildman–Crippen MR) is 115 cm³/mol. The lowest BCUT2D eigenvalue weighted by Crippen LogP contribution is -2.23. The van der Waals surface area contributed by atoms with Crippen LogP contribution in [0.25, 0.3) is 0 Å². The molecule has 2 heterocycles. The molecule has 0 radical (unpaired) electrons. The standard InChI is InChI=1S/C21H22Cl2N4O3/c1-14-19(20(23)27(26-14)13-16-5-3-4-6-17(16)22)21(28)25-12-15-7-8-18(24-11-15)30-10-9-29-2/h3-8,11H,9-10,12-13H2,1-2H3,(H,25,28). The highest BCUT2D eigenvalue weighted by molar-refractivity contribution is 6.33. The number of hydrogen-bond acceptors (Lipinski definition) is 5. The third-order valence-electron chi connectivity index (χ3n) is 4.36. The second kappa shape index (κ2) is 10.4. The topological polar surface area (TPSA) is 78.3 Å². The Morgan fingerprint density at radius 3 is 2.67 bits per heavy atom. The van der Waals surface area contributed by atoms with Gasteiger partial charge in [-0.15, -0.1) is 0 Å². The molecule has 1 amide bonds. The van der Waals surface area contributed by atoms with Crippen molar-refractivity contribution in [2.24, 2.45) is 0 Å². The first-order valence-electron chi connectivity index (χ1n) is 9.30. The van der Waals surface area contributed by atoms with E-state index in [1.807, 2.05) is 24.3 Å². The van der Waals surface area contributed by atoms with E-state index in [-0.39, 0.29) is 11.1 Å². The zero-order valence-corrected chi connectivity index (χ0v) is 18.2. The van der Waals surface area contributed by atoms with Gasteiger partial charge < -0.3 is 14.8 Å². The van der Waals surface area contributed by atoms with Gasteiger partial charge in [-0.05, 0) is 24.1 Å². The van der Waals surface area contributed by atoms with E-state index >= 15 is 0 Å². The van der Waals surface area contributed by atoms with Gasteiger partial charge in [-0.25, -0.2) is 9.67 Å². The zero-order valence-electron chi connectivity index (χ0n) is 16.7. The summed E-state index contributed by atoms with van der Waals surface area (Å²) in [6, 6.07) is 11.0.